The third-order valence-electron chi connectivity index (χ3n) is 3.57. The summed E-state index contributed by atoms with van der Waals surface area (Å²) in [5.74, 6) is 3.21. The van der Waals surface area contributed by atoms with Crippen LogP contribution in [-0.4, -0.2) is 36.3 Å². The fourth-order valence-electron chi connectivity index (χ4n) is 2.40. The van der Waals surface area contributed by atoms with E-state index in [-0.39, 0.29) is 0 Å². The fraction of sp³-hybridized carbons (Fsp3) is 0.600. The van der Waals surface area contributed by atoms with E-state index in [2.05, 4.69) is 5.32 Å². The minimum Gasteiger partial charge on any atom is -0.496 e. The van der Waals surface area contributed by atoms with E-state index in [0.717, 1.165) is 16.9 Å². The molecule has 2 N–H and O–H groups in total. The maximum Gasteiger partial charge on any atom is 0.124 e. The molecule has 0 spiro atoms. The van der Waals surface area contributed by atoms with Crippen molar-refractivity contribution in [3.05, 3.63) is 29.3 Å². The summed E-state index contributed by atoms with van der Waals surface area (Å²) in [7, 11) is 1.65. The largest absolute Gasteiger partial charge is 0.496 e. The number of aryl methyl sites for hydroxylation is 1. The van der Waals surface area contributed by atoms with Gasteiger partial charge in [-0.05, 0) is 43.4 Å². The van der Waals surface area contributed by atoms with E-state index in [1.54, 1.807) is 7.11 Å². The van der Waals surface area contributed by atoms with Crippen molar-refractivity contribution < 1.29 is 9.84 Å². The van der Waals surface area contributed by atoms with Crippen LogP contribution >= 0.6 is 11.8 Å². The molecule has 1 aromatic carbocycles. The van der Waals surface area contributed by atoms with Gasteiger partial charge < -0.3 is 15.2 Å². The van der Waals surface area contributed by atoms with Crippen LogP contribution in [-0.2, 0) is 0 Å². The maximum atomic E-state index is 10.3. The van der Waals surface area contributed by atoms with Gasteiger partial charge in [-0.3, -0.25) is 0 Å². The van der Waals surface area contributed by atoms with E-state index in [9.17, 15) is 5.11 Å². The number of thioether (sulfide) groups is 1. The lowest BCUT2D eigenvalue weighted by molar-refractivity contribution is 0.164. The molecule has 1 aliphatic rings. The van der Waals surface area contributed by atoms with Crippen molar-refractivity contribution in [3.8, 4) is 5.75 Å². The highest BCUT2D eigenvalue weighted by Crippen LogP contribution is 2.26. The van der Waals surface area contributed by atoms with Crippen LogP contribution in [0.1, 0.15) is 30.1 Å². The Balaban J connectivity index is 1.94. The summed E-state index contributed by atoms with van der Waals surface area (Å²) < 4.78 is 5.32. The van der Waals surface area contributed by atoms with E-state index in [1.807, 2.05) is 36.9 Å². The Morgan fingerprint density at radius 2 is 2.16 bits per heavy atom. The van der Waals surface area contributed by atoms with Gasteiger partial charge in [0.1, 0.15) is 5.75 Å². The van der Waals surface area contributed by atoms with Crippen molar-refractivity contribution in [1.29, 1.82) is 0 Å². The van der Waals surface area contributed by atoms with Gasteiger partial charge in [0.05, 0.1) is 13.2 Å². The number of hydrogen-bond donors (Lipinski definition) is 2. The molecule has 1 aliphatic heterocycles. The second-order valence-electron chi connectivity index (χ2n) is 5.06. The summed E-state index contributed by atoms with van der Waals surface area (Å²) in [6, 6.07) is 6.47. The number of methoxy groups -OCH3 is 1. The number of benzene rings is 1. The topological polar surface area (TPSA) is 41.5 Å². The monoisotopic (exact) mass is 281 g/mol. The first kappa shape index (κ1) is 14.7. The van der Waals surface area contributed by atoms with Gasteiger partial charge in [0.2, 0.25) is 0 Å². The van der Waals surface area contributed by atoms with Crippen molar-refractivity contribution in [3.63, 3.8) is 0 Å². The average molecular weight is 281 g/mol. The molecule has 1 saturated heterocycles. The normalized spacial score (nSPS) is 18.3. The molecule has 0 bridgehead atoms. The molecule has 0 aromatic heterocycles. The molecule has 1 unspecified atom stereocenters. The average Bonchev–Trinajstić information content (AvgIpc) is 2.46. The van der Waals surface area contributed by atoms with Crippen LogP contribution in [0.15, 0.2) is 18.2 Å². The zero-order chi connectivity index (χ0) is 13.7. The Hall–Kier alpha value is -0.710. The van der Waals surface area contributed by atoms with E-state index < -0.39 is 6.10 Å². The number of nitrogens with one attached hydrogen (secondary N) is 1. The predicted octanol–water partition coefficient (Wildman–Crippen LogP) is 2.52. The van der Waals surface area contributed by atoms with E-state index in [1.165, 1.54) is 24.3 Å². The first-order valence-corrected chi connectivity index (χ1v) is 8.00. The molecule has 1 atom stereocenters. The molecule has 0 amide bonds. The quantitative estimate of drug-likeness (QED) is 0.870. The molecule has 3 nitrogen and oxygen atoms in total. The van der Waals surface area contributed by atoms with E-state index in [4.69, 9.17) is 4.74 Å². The van der Waals surface area contributed by atoms with Crippen molar-refractivity contribution in [2.24, 2.45) is 0 Å². The van der Waals surface area contributed by atoms with Crippen molar-refractivity contribution in [2.75, 3.05) is 25.2 Å². The summed E-state index contributed by atoms with van der Waals surface area (Å²) >= 11 is 2.01. The van der Waals surface area contributed by atoms with Crippen molar-refractivity contribution in [1.82, 2.24) is 5.32 Å². The minimum atomic E-state index is -0.510. The van der Waals surface area contributed by atoms with Crippen molar-refractivity contribution >= 4 is 11.8 Å². The Labute approximate surface area is 119 Å². The molecule has 1 fully saturated rings. The van der Waals surface area contributed by atoms with Crippen molar-refractivity contribution in [2.45, 2.75) is 31.9 Å². The first-order chi connectivity index (χ1) is 9.20. The van der Waals surface area contributed by atoms with Gasteiger partial charge in [0.25, 0.3) is 0 Å². The fourth-order valence-corrected chi connectivity index (χ4v) is 3.51. The number of rotatable bonds is 5. The molecule has 0 aliphatic carbocycles. The SMILES string of the molecule is COc1ccc(C)cc1C(O)CNC1CCSCC1. The molecular formula is C15H23NO2S. The van der Waals surface area contributed by atoms with E-state index >= 15 is 0 Å². The van der Waals surface area contributed by atoms with Crippen LogP contribution < -0.4 is 10.1 Å². The van der Waals surface area contributed by atoms with Crippen LogP contribution in [0.3, 0.4) is 0 Å². The Bertz CT molecular complexity index is 405. The summed E-state index contributed by atoms with van der Waals surface area (Å²) in [6.45, 7) is 2.62. The highest BCUT2D eigenvalue weighted by atomic mass is 32.2. The Morgan fingerprint density at radius 1 is 1.42 bits per heavy atom. The van der Waals surface area contributed by atoms with E-state index in [0.29, 0.717) is 12.6 Å². The summed E-state index contributed by atoms with van der Waals surface area (Å²) in [6.07, 6.45) is 1.88. The third-order valence-corrected chi connectivity index (χ3v) is 4.61. The van der Waals surface area contributed by atoms with Crippen LogP contribution in [0, 0.1) is 6.92 Å². The van der Waals surface area contributed by atoms with Gasteiger partial charge in [-0.1, -0.05) is 11.6 Å². The second kappa shape index (κ2) is 7.17. The first-order valence-electron chi connectivity index (χ1n) is 6.84. The third kappa shape index (κ3) is 4.13. The molecule has 19 heavy (non-hydrogen) atoms. The number of hydrogen-bond acceptors (Lipinski definition) is 4. The highest BCUT2D eigenvalue weighted by Gasteiger charge is 2.17. The second-order valence-corrected chi connectivity index (χ2v) is 6.28. The Morgan fingerprint density at radius 3 is 2.84 bits per heavy atom. The minimum absolute atomic E-state index is 0.510. The van der Waals surface area contributed by atoms with Gasteiger partial charge in [-0.25, -0.2) is 0 Å². The van der Waals surface area contributed by atoms with Gasteiger partial charge >= 0.3 is 0 Å². The highest BCUT2D eigenvalue weighted by molar-refractivity contribution is 7.99. The van der Waals surface area contributed by atoms with Gasteiger partial charge in [0, 0.05) is 18.2 Å². The number of ether oxygens (including phenoxy) is 1. The lowest BCUT2D eigenvalue weighted by Gasteiger charge is -2.24. The molecule has 0 saturated carbocycles. The van der Waals surface area contributed by atoms with Gasteiger partial charge in [-0.2, -0.15) is 11.8 Å². The molecule has 106 valence electrons. The Kier molecular flexibility index (Phi) is 5.55. The van der Waals surface area contributed by atoms with Crippen LogP contribution in [0.4, 0.5) is 0 Å². The summed E-state index contributed by atoms with van der Waals surface area (Å²) in [4.78, 5) is 0. The standard InChI is InChI=1S/C15H23NO2S/c1-11-3-4-15(18-2)13(9-11)14(17)10-16-12-5-7-19-8-6-12/h3-4,9,12,14,16-17H,5-8,10H2,1-2H3. The number of aliphatic hydroxyl groups is 1. The van der Waals surface area contributed by atoms with Crippen LogP contribution in [0.2, 0.25) is 0 Å². The smallest absolute Gasteiger partial charge is 0.124 e. The van der Waals surface area contributed by atoms with Gasteiger partial charge in [-0.15, -0.1) is 0 Å². The zero-order valence-corrected chi connectivity index (χ0v) is 12.5. The summed E-state index contributed by atoms with van der Waals surface area (Å²) in [5.41, 5.74) is 2.02. The molecule has 1 heterocycles. The molecule has 4 heteroatoms. The predicted molar refractivity (Wildman–Crippen MR) is 81.0 cm³/mol. The molecular weight excluding hydrogens is 258 g/mol. The molecule has 2 rings (SSSR count). The maximum absolute atomic E-state index is 10.3. The number of aliphatic hydroxyl groups excluding tert-OH is 1. The molecule has 0 radical (unpaired) electrons. The van der Waals surface area contributed by atoms with Crippen LogP contribution in [0.25, 0.3) is 0 Å². The van der Waals surface area contributed by atoms with Crippen LogP contribution in [0.5, 0.6) is 5.75 Å². The lowest BCUT2D eigenvalue weighted by atomic mass is 10.0. The zero-order valence-electron chi connectivity index (χ0n) is 11.7. The summed E-state index contributed by atoms with van der Waals surface area (Å²) in [5, 5.41) is 13.8. The lowest BCUT2D eigenvalue weighted by Crippen LogP contribution is -2.35. The van der Waals surface area contributed by atoms with Gasteiger partial charge in [0.15, 0.2) is 0 Å². The molecule has 1 aromatic rings.